The number of esters is 1. The van der Waals surface area contributed by atoms with Gasteiger partial charge in [-0.1, -0.05) is 12.1 Å². The van der Waals surface area contributed by atoms with Gasteiger partial charge in [-0.25, -0.2) is 9.78 Å². The van der Waals surface area contributed by atoms with Crippen molar-refractivity contribution in [2.24, 2.45) is 0 Å². The van der Waals surface area contributed by atoms with Crippen molar-refractivity contribution in [3.63, 3.8) is 0 Å². The highest BCUT2D eigenvalue weighted by atomic mass is 16.5. The molecule has 0 aliphatic carbocycles. The zero-order valence-electron chi connectivity index (χ0n) is 13.1. The molecule has 0 radical (unpaired) electrons. The molecule has 0 bridgehead atoms. The number of fused-ring (bicyclic) bond motifs is 2. The minimum Gasteiger partial charge on any atom is -0.460 e. The summed E-state index contributed by atoms with van der Waals surface area (Å²) in [5, 5.41) is 0. The first kappa shape index (κ1) is 15.1. The summed E-state index contributed by atoms with van der Waals surface area (Å²) in [5.74, 6) is -1.26. The fraction of sp³-hybridized carbons (Fsp3) is 0.111. The van der Waals surface area contributed by atoms with Crippen molar-refractivity contribution in [1.29, 1.82) is 0 Å². The lowest BCUT2D eigenvalue weighted by Crippen LogP contribution is -2.33. The van der Waals surface area contributed by atoms with Crippen molar-refractivity contribution in [2.75, 3.05) is 13.2 Å². The summed E-state index contributed by atoms with van der Waals surface area (Å²) in [7, 11) is 0. The topological polar surface area (TPSA) is 81.0 Å². The standard InChI is InChI=1S/C18H13N3O4/c22-16-13-3-1-2-4-14(13)17(23)21(16)9-10-25-18(24)12-5-7-20-8-6-19-15(20)11-12/h1-8,11H,9-10H2. The molecule has 1 aliphatic heterocycles. The molecule has 1 aromatic carbocycles. The minimum absolute atomic E-state index is 0.0176. The molecule has 0 saturated carbocycles. The average Bonchev–Trinajstić information content (AvgIpc) is 3.20. The van der Waals surface area contributed by atoms with Gasteiger partial charge in [0.1, 0.15) is 12.3 Å². The third-order valence-corrected chi connectivity index (χ3v) is 4.06. The van der Waals surface area contributed by atoms with E-state index in [1.807, 2.05) is 0 Å². The van der Waals surface area contributed by atoms with Crippen molar-refractivity contribution >= 4 is 23.4 Å². The van der Waals surface area contributed by atoms with Crippen molar-refractivity contribution < 1.29 is 19.1 Å². The van der Waals surface area contributed by atoms with Crippen LogP contribution in [-0.4, -0.2) is 45.2 Å². The highest BCUT2D eigenvalue weighted by molar-refractivity contribution is 6.21. The molecule has 7 nitrogen and oxygen atoms in total. The lowest BCUT2D eigenvalue weighted by Gasteiger charge is -2.13. The van der Waals surface area contributed by atoms with Crippen molar-refractivity contribution in [2.45, 2.75) is 0 Å². The first-order valence-electron chi connectivity index (χ1n) is 7.70. The summed E-state index contributed by atoms with van der Waals surface area (Å²) in [6.45, 7) is -0.0480. The Hall–Kier alpha value is -3.48. The SMILES string of the molecule is O=C(OCCN1C(=O)c2ccccc2C1=O)c1ccn2ccnc2c1. The molecule has 0 N–H and O–H groups in total. The van der Waals surface area contributed by atoms with Gasteiger partial charge in [0.15, 0.2) is 0 Å². The summed E-state index contributed by atoms with van der Waals surface area (Å²) >= 11 is 0. The lowest BCUT2D eigenvalue weighted by molar-refractivity contribution is 0.0420. The number of carbonyl (C=O) groups excluding carboxylic acids is 3. The van der Waals surface area contributed by atoms with Crippen molar-refractivity contribution in [3.8, 4) is 0 Å². The van der Waals surface area contributed by atoms with Gasteiger partial charge in [-0.2, -0.15) is 0 Å². The first-order valence-corrected chi connectivity index (χ1v) is 7.70. The number of aromatic nitrogens is 2. The molecule has 0 saturated heterocycles. The molecule has 3 aromatic rings. The maximum atomic E-state index is 12.2. The number of hydrogen-bond acceptors (Lipinski definition) is 5. The molecule has 7 heteroatoms. The molecule has 0 atom stereocenters. The van der Waals surface area contributed by atoms with Crippen LogP contribution in [0.3, 0.4) is 0 Å². The van der Waals surface area contributed by atoms with Gasteiger partial charge in [0, 0.05) is 18.6 Å². The minimum atomic E-state index is -0.526. The van der Waals surface area contributed by atoms with Crippen LogP contribution in [-0.2, 0) is 4.74 Å². The maximum Gasteiger partial charge on any atom is 0.338 e. The zero-order valence-corrected chi connectivity index (χ0v) is 13.1. The largest absolute Gasteiger partial charge is 0.460 e. The Labute approximate surface area is 142 Å². The van der Waals surface area contributed by atoms with E-state index >= 15 is 0 Å². The van der Waals surface area contributed by atoms with Gasteiger partial charge < -0.3 is 9.14 Å². The van der Waals surface area contributed by atoms with Gasteiger partial charge in [0.25, 0.3) is 11.8 Å². The Kier molecular flexibility index (Phi) is 3.53. The Balaban J connectivity index is 1.40. The number of imide groups is 1. The van der Waals surface area contributed by atoms with E-state index in [2.05, 4.69) is 4.98 Å². The summed E-state index contributed by atoms with van der Waals surface area (Å²) in [4.78, 5) is 41.8. The smallest absolute Gasteiger partial charge is 0.338 e. The van der Waals surface area contributed by atoms with E-state index in [-0.39, 0.29) is 25.0 Å². The van der Waals surface area contributed by atoms with E-state index in [4.69, 9.17) is 4.74 Å². The Morgan fingerprint density at radius 1 is 1.04 bits per heavy atom. The maximum absolute atomic E-state index is 12.2. The molecule has 2 amide bonds. The molecule has 3 heterocycles. The molecule has 1 aliphatic rings. The fourth-order valence-electron chi connectivity index (χ4n) is 2.79. The van der Waals surface area contributed by atoms with Crippen LogP contribution in [0.15, 0.2) is 55.0 Å². The van der Waals surface area contributed by atoms with Gasteiger partial charge >= 0.3 is 5.97 Å². The quantitative estimate of drug-likeness (QED) is 0.536. The Bertz CT molecular complexity index is 973. The monoisotopic (exact) mass is 335 g/mol. The van der Waals surface area contributed by atoms with Crippen LogP contribution in [0.5, 0.6) is 0 Å². The highest BCUT2D eigenvalue weighted by Crippen LogP contribution is 2.22. The third kappa shape index (κ3) is 2.55. The molecular formula is C18H13N3O4. The summed E-state index contributed by atoms with van der Waals surface area (Å²) in [5.41, 5.74) is 1.75. The van der Waals surface area contributed by atoms with E-state index in [9.17, 15) is 14.4 Å². The molecule has 0 fully saturated rings. The number of rotatable bonds is 4. The van der Waals surface area contributed by atoms with E-state index in [1.54, 1.807) is 59.4 Å². The number of nitrogens with zero attached hydrogens (tertiary/aromatic N) is 3. The normalized spacial score (nSPS) is 13.4. The van der Waals surface area contributed by atoms with Crippen LogP contribution in [0.1, 0.15) is 31.1 Å². The second-order valence-corrected chi connectivity index (χ2v) is 5.55. The third-order valence-electron chi connectivity index (χ3n) is 4.06. The van der Waals surface area contributed by atoms with E-state index < -0.39 is 5.97 Å². The molecule has 0 spiro atoms. The molecule has 2 aromatic heterocycles. The predicted octanol–water partition coefficient (Wildman–Crippen LogP) is 1.79. The second kappa shape index (κ2) is 5.86. The van der Waals surface area contributed by atoms with Crippen LogP contribution < -0.4 is 0 Å². The number of benzene rings is 1. The summed E-state index contributed by atoms with van der Waals surface area (Å²) < 4.78 is 6.96. The number of ether oxygens (including phenoxy) is 1. The molecule has 124 valence electrons. The molecule has 25 heavy (non-hydrogen) atoms. The first-order chi connectivity index (χ1) is 12.1. The van der Waals surface area contributed by atoms with Gasteiger partial charge in [-0.3, -0.25) is 14.5 Å². The van der Waals surface area contributed by atoms with Crippen LogP contribution in [0, 0.1) is 0 Å². The number of carbonyl (C=O) groups is 3. The number of pyridine rings is 1. The number of amides is 2. The van der Waals surface area contributed by atoms with Crippen LogP contribution in [0.25, 0.3) is 5.65 Å². The van der Waals surface area contributed by atoms with Crippen molar-refractivity contribution in [1.82, 2.24) is 14.3 Å². The summed E-state index contributed by atoms with van der Waals surface area (Å²) in [6.07, 6.45) is 5.11. The van der Waals surface area contributed by atoms with E-state index in [1.165, 1.54) is 0 Å². The Morgan fingerprint density at radius 3 is 2.48 bits per heavy atom. The van der Waals surface area contributed by atoms with Gasteiger partial charge in [-0.15, -0.1) is 0 Å². The number of imidazole rings is 1. The van der Waals surface area contributed by atoms with E-state index in [0.29, 0.717) is 22.3 Å². The average molecular weight is 335 g/mol. The zero-order chi connectivity index (χ0) is 17.4. The second-order valence-electron chi connectivity index (χ2n) is 5.55. The number of hydrogen-bond donors (Lipinski definition) is 0. The van der Waals surface area contributed by atoms with Gasteiger partial charge in [0.05, 0.1) is 23.2 Å². The molecular weight excluding hydrogens is 322 g/mol. The van der Waals surface area contributed by atoms with Crippen LogP contribution in [0.4, 0.5) is 0 Å². The highest BCUT2D eigenvalue weighted by Gasteiger charge is 2.34. The van der Waals surface area contributed by atoms with Gasteiger partial charge in [-0.05, 0) is 24.3 Å². The van der Waals surface area contributed by atoms with Gasteiger partial charge in [0.2, 0.25) is 0 Å². The van der Waals surface area contributed by atoms with E-state index in [0.717, 1.165) is 4.90 Å². The molecule has 0 unspecified atom stereocenters. The lowest BCUT2D eigenvalue weighted by atomic mass is 10.1. The molecule has 4 rings (SSSR count). The van der Waals surface area contributed by atoms with Crippen molar-refractivity contribution in [3.05, 3.63) is 71.7 Å². The predicted molar refractivity (Wildman–Crippen MR) is 87.3 cm³/mol. The Morgan fingerprint density at radius 2 is 1.76 bits per heavy atom. The summed E-state index contributed by atoms with van der Waals surface area (Å²) in [6, 6.07) is 9.88. The van der Waals surface area contributed by atoms with Crippen LogP contribution >= 0.6 is 0 Å². The van der Waals surface area contributed by atoms with Crippen LogP contribution in [0.2, 0.25) is 0 Å². The fourth-order valence-corrected chi connectivity index (χ4v) is 2.79.